The molecule has 33 heavy (non-hydrogen) atoms. The van der Waals surface area contributed by atoms with Crippen molar-refractivity contribution in [3.8, 4) is 0 Å². The van der Waals surface area contributed by atoms with E-state index in [1.54, 1.807) is 11.3 Å². The molecule has 0 aliphatic carbocycles. The van der Waals surface area contributed by atoms with Gasteiger partial charge in [0, 0.05) is 22.7 Å². The van der Waals surface area contributed by atoms with E-state index in [9.17, 15) is 4.21 Å². The Morgan fingerprint density at radius 2 is 1.82 bits per heavy atom. The second kappa shape index (κ2) is 10.2. The maximum absolute atomic E-state index is 13.5. The fraction of sp³-hybridized carbons (Fsp3) is 0.241. The first-order valence-corrected chi connectivity index (χ1v) is 13.7. The minimum Gasteiger partial charge on any atom is -0.299 e. The van der Waals surface area contributed by atoms with Gasteiger partial charge in [0.25, 0.3) is 0 Å². The first-order chi connectivity index (χ1) is 16.2. The highest BCUT2D eigenvalue weighted by Gasteiger charge is 2.22. The molecule has 0 spiro atoms. The molecule has 0 radical (unpaired) electrons. The van der Waals surface area contributed by atoms with Crippen LogP contribution in [-0.2, 0) is 10.8 Å². The molecule has 5 rings (SSSR count). The number of rotatable bonds is 7. The summed E-state index contributed by atoms with van der Waals surface area (Å²) in [5, 5.41) is 3.50. The van der Waals surface area contributed by atoms with Gasteiger partial charge in [0.05, 0.1) is 16.0 Å². The van der Waals surface area contributed by atoms with Crippen molar-refractivity contribution in [2.24, 2.45) is 0 Å². The second-order valence-corrected chi connectivity index (χ2v) is 11.3. The molecule has 2 nitrogen and oxygen atoms in total. The summed E-state index contributed by atoms with van der Waals surface area (Å²) in [5.41, 5.74) is 5.15. The van der Waals surface area contributed by atoms with E-state index in [0.29, 0.717) is 0 Å². The lowest BCUT2D eigenvalue weighted by molar-refractivity contribution is 0.296. The molecule has 1 aliphatic rings. The van der Waals surface area contributed by atoms with Crippen LogP contribution in [0.3, 0.4) is 0 Å². The zero-order valence-electron chi connectivity index (χ0n) is 18.9. The number of fused-ring (bicyclic) bond motifs is 1. The average molecular weight is 472 g/mol. The molecule has 0 bridgehead atoms. The third-order valence-corrected chi connectivity index (χ3v) is 9.17. The van der Waals surface area contributed by atoms with Gasteiger partial charge in [-0.05, 0) is 84.1 Å². The van der Waals surface area contributed by atoms with Crippen LogP contribution in [0.2, 0.25) is 0 Å². The summed E-state index contributed by atoms with van der Waals surface area (Å²) in [6.07, 6.45) is 4.33. The Labute approximate surface area is 203 Å². The normalized spacial score (nSPS) is 16.5. The molecule has 0 fully saturated rings. The van der Waals surface area contributed by atoms with Crippen molar-refractivity contribution < 1.29 is 4.21 Å². The minimum atomic E-state index is -1.07. The van der Waals surface area contributed by atoms with E-state index in [0.717, 1.165) is 42.9 Å². The Balaban J connectivity index is 1.27. The van der Waals surface area contributed by atoms with Gasteiger partial charge in [-0.3, -0.25) is 9.11 Å². The van der Waals surface area contributed by atoms with E-state index >= 15 is 0 Å². The van der Waals surface area contributed by atoms with E-state index in [1.807, 2.05) is 18.2 Å². The molecule has 0 amide bonds. The third-order valence-electron chi connectivity index (χ3n) is 6.51. The maximum Gasteiger partial charge on any atom is 0.0656 e. The summed E-state index contributed by atoms with van der Waals surface area (Å²) in [6, 6.07) is 27.5. The van der Waals surface area contributed by atoms with E-state index in [-0.39, 0.29) is 5.25 Å². The molecule has 4 aromatic rings. The Bertz CT molecular complexity index is 1270. The Morgan fingerprint density at radius 1 is 1.00 bits per heavy atom. The maximum atomic E-state index is 13.5. The van der Waals surface area contributed by atoms with Crippen molar-refractivity contribution in [2.75, 3.05) is 19.6 Å². The van der Waals surface area contributed by atoms with Crippen molar-refractivity contribution in [3.63, 3.8) is 0 Å². The lowest BCUT2D eigenvalue weighted by Crippen LogP contribution is -2.30. The van der Waals surface area contributed by atoms with Crippen LogP contribution in [0.15, 0.2) is 95.2 Å². The number of thiophene rings is 1. The first kappa shape index (κ1) is 22.3. The van der Waals surface area contributed by atoms with Crippen LogP contribution in [0, 0.1) is 6.92 Å². The summed E-state index contributed by atoms with van der Waals surface area (Å²) in [4.78, 5) is 3.41. The predicted octanol–water partition coefficient (Wildman–Crippen LogP) is 7.24. The largest absolute Gasteiger partial charge is 0.299 e. The fourth-order valence-corrected chi connectivity index (χ4v) is 6.77. The van der Waals surface area contributed by atoms with Crippen molar-refractivity contribution >= 4 is 37.8 Å². The van der Waals surface area contributed by atoms with Crippen LogP contribution in [0.1, 0.15) is 34.8 Å². The molecule has 2 unspecified atom stereocenters. The number of hydrogen-bond donors (Lipinski definition) is 0. The van der Waals surface area contributed by atoms with Crippen LogP contribution in [0.5, 0.6) is 0 Å². The van der Waals surface area contributed by atoms with E-state index in [1.165, 1.54) is 26.8 Å². The van der Waals surface area contributed by atoms with Gasteiger partial charge in [0.1, 0.15) is 0 Å². The summed E-state index contributed by atoms with van der Waals surface area (Å²) in [5.74, 6) is 0. The third kappa shape index (κ3) is 5.19. The summed E-state index contributed by atoms with van der Waals surface area (Å²) < 4.78 is 14.9. The molecule has 0 saturated carbocycles. The predicted molar refractivity (Wildman–Crippen MR) is 142 cm³/mol. The van der Waals surface area contributed by atoms with Crippen LogP contribution in [0.4, 0.5) is 0 Å². The van der Waals surface area contributed by atoms with Gasteiger partial charge < -0.3 is 0 Å². The van der Waals surface area contributed by atoms with Crippen molar-refractivity contribution in [1.29, 1.82) is 0 Å². The van der Waals surface area contributed by atoms with Gasteiger partial charge in [-0.15, -0.1) is 11.3 Å². The number of aryl methyl sites for hydroxylation is 1. The first-order valence-electron chi connectivity index (χ1n) is 11.6. The monoisotopic (exact) mass is 471 g/mol. The highest BCUT2D eigenvalue weighted by atomic mass is 32.2. The SMILES string of the molecule is Cc1ccc(S(=O)C(CCN2CC=C(c3ccc4sccc4c3)CC2)c2ccccc2)cc1. The van der Waals surface area contributed by atoms with E-state index in [2.05, 4.69) is 83.9 Å². The average Bonchev–Trinajstić information content (AvgIpc) is 3.34. The summed E-state index contributed by atoms with van der Waals surface area (Å²) in [7, 11) is -1.07. The van der Waals surface area contributed by atoms with Crippen molar-refractivity contribution in [2.45, 2.75) is 29.9 Å². The Kier molecular flexibility index (Phi) is 6.86. The zero-order valence-corrected chi connectivity index (χ0v) is 20.6. The van der Waals surface area contributed by atoms with Crippen LogP contribution in [-0.4, -0.2) is 28.7 Å². The quantitative estimate of drug-likeness (QED) is 0.283. The van der Waals surface area contributed by atoms with Gasteiger partial charge in [0.2, 0.25) is 0 Å². The van der Waals surface area contributed by atoms with Gasteiger partial charge in [0.15, 0.2) is 0 Å². The highest BCUT2D eigenvalue weighted by Crippen LogP contribution is 2.31. The van der Waals surface area contributed by atoms with E-state index < -0.39 is 10.8 Å². The van der Waals surface area contributed by atoms with Gasteiger partial charge in [-0.2, -0.15) is 0 Å². The minimum absolute atomic E-state index is 0.000260. The van der Waals surface area contributed by atoms with Crippen LogP contribution < -0.4 is 0 Å². The zero-order chi connectivity index (χ0) is 22.6. The molecule has 168 valence electrons. The number of nitrogens with zero attached hydrogens (tertiary/aromatic N) is 1. The lowest BCUT2D eigenvalue weighted by atomic mass is 9.98. The topological polar surface area (TPSA) is 20.3 Å². The lowest BCUT2D eigenvalue weighted by Gasteiger charge is -2.28. The molecule has 1 aliphatic heterocycles. The van der Waals surface area contributed by atoms with E-state index in [4.69, 9.17) is 0 Å². The molecule has 2 heterocycles. The molecule has 0 N–H and O–H groups in total. The Morgan fingerprint density at radius 3 is 2.58 bits per heavy atom. The van der Waals surface area contributed by atoms with Crippen molar-refractivity contribution in [1.82, 2.24) is 4.90 Å². The van der Waals surface area contributed by atoms with Crippen LogP contribution in [0.25, 0.3) is 15.7 Å². The molecule has 2 atom stereocenters. The molecule has 4 heteroatoms. The summed E-state index contributed by atoms with van der Waals surface area (Å²) >= 11 is 1.80. The molecular weight excluding hydrogens is 442 g/mol. The Hall–Kier alpha value is -2.53. The molecular formula is C29H29NOS2. The second-order valence-electron chi connectivity index (χ2n) is 8.75. The standard InChI is InChI=1S/C29H29NOS2/c1-22-7-10-27(11-8-22)33(31)29(24-5-3-2-4-6-24)15-19-30-17-13-23(14-18-30)25-9-12-28-26(21-25)16-20-32-28/h2-13,16,20-21,29H,14-15,17-19H2,1H3. The van der Waals surface area contributed by atoms with Gasteiger partial charge >= 0.3 is 0 Å². The highest BCUT2D eigenvalue weighted by molar-refractivity contribution is 7.85. The summed E-state index contributed by atoms with van der Waals surface area (Å²) in [6.45, 7) is 5.02. The number of hydrogen-bond acceptors (Lipinski definition) is 3. The smallest absolute Gasteiger partial charge is 0.0656 e. The number of benzene rings is 3. The molecule has 1 aromatic heterocycles. The molecule has 0 saturated heterocycles. The molecule has 3 aromatic carbocycles. The van der Waals surface area contributed by atoms with Crippen LogP contribution >= 0.6 is 11.3 Å². The van der Waals surface area contributed by atoms with Crippen molar-refractivity contribution in [3.05, 3.63) is 107 Å². The van der Waals surface area contributed by atoms with Gasteiger partial charge in [-0.25, -0.2) is 0 Å². The fourth-order valence-electron chi connectivity index (χ4n) is 4.54. The van der Waals surface area contributed by atoms with Gasteiger partial charge in [-0.1, -0.05) is 60.2 Å².